The molecule has 0 N–H and O–H groups in total. The molecule has 3 rings (SSSR count). The van der Waals surface area contributed by atoms with Crippen molar-refractivity contribution in [3.8, 4) is 11.4 Å². The van der Waals surface area contributed by atoms with E-state index in [1.807, 2.05) is 53.1 Å². The van der Waals surface area contributed by atoms with E-state index in [2.05, 4.69) is 17.2 Å². The van der Waals surface area contributed by atoms with Gasteiger partial charge in [-0.25, -0.2) is 0 Å². The molecule has 5 heteroatoms. The van der Waals surface area contributed by atoms with Gasteiger partial charge < -0.3 is 9.30 Å². The first-order valence-corrected chi connectivity index (χ1v) is 12.7. The molecular weight excluding hydrogens is 422 g/mol. The summed E-state index contributed by atoms with van der Waals surface area (Å²) in [6, 6.07) is 18.5. The lowest BCUT2D eigenvalue weighted by molar-refractivity contribution is 0.304. The monoisotopic (exact) mass is 459 g/mol. The number of rotatable bonds is 15. The van der Waals surface area contributed by atoms with Crippen LogP contribution in [0.2, 0.25) is 0 Å². The molecule has 180 valence electrons. The van der Waals surface area contributed by atoms with Crippen LogP contribution >= 0.6 is 0 Å². The van der Waals surface area contributed by atoms with Crippen molar-refractivity contribution in [1.29, 1.82) is 0 Å². The number of hydrogen-bond acceptors (Lipinski definition) is 4. The van der Waals surface area contributed by atoms with E-state index >= 15 is 0 Å². The Bertz CT molecular complexity index is 1020. The van der Waals surface area contributed by atoms with Gasteiger partial charge in [0.1, 0.15) is 5.75 Å². The lowest BCUT2D eigenvalue weighted by atomic mass is 10.1. The van der Waals surface area contributed by atoms with E-state index in [0.717, 1.165) is 35.8 Å². The summed E-state index contributed by atoms with van der Waals surface area (Å²) >= 11 is 0. The normalized spacial score (nSPS) is 11.2. The third-order valence-electron chi connectivity index (χ3n) is 5.83. The Morgan fingerprint density at radius 1 is 0.647 bits per heavy atom. The standard InChI is InChI=1S/C29H37N3O2/c1-2-3-4-5-6-7-8-9-10-11-24-34-29-18-14-26(15-19-29)31-30-25-12-16-27(17-13-25)32-22-20-28(33)21-23-32/h12-23H,2-11,24H2,1H3. The number of unbranched alkanes of at least 4 members (excludes halogenated alkanes) is 9. The molecule has 0 fully saturated rings. The van der Waals surface area contributed by atoms with Gasteiger partial charge in [0.2, 0.25) is 0 Å². The van der Waals surface area contributed by atoms with Crippen LogP contribution in [-0.2, 0) is 0 Å². The Balaban J connectivity index is 1.33. The highest BCUT2D eigenvalue weighted by Crippen LogP contribution is 2.22. The van der Waals surface area contributed by atoms with Crippen LogP contribution in [0, 0.1) is 0 Å². The number of pyridine rings is 1. The summed E-state index contributed by atoms with van der Waals surface area (Å²) in [7, 11) is 0. The van der Waals surface area contributed by atoms with E-state index in [-0.39, 0.29) is 5.43 Å². The van der Waals surface area contributed by atoms with Crippen molar-refractivity contribution in [3.63, 3.8) is 0 Å². The molecule has 1 heterocycles. The highest BCUT2D eigenvalue weighted by atomic mass is 16.5. The molecule has 2 aromatic carbocycles. The molecule has 0 aliphatic rings. The predicted molar refractivity (Wildman–Crippen MR) is 140 cm³/mol. The van der Waals surface area contributed by atoms with E-state index in [1.165, 1.54) is 69.9 Å². The Kier molecular flexibility index (Phi) is 11.1. The number of ether oxygens (including phenoxy) is 1. The van der Waals surface area contributed by atoms with Gasteiger partial charge in [-0.1, -0.05) is 64.7 Å². The van der Waals surface area contributed by atoms with E-state index in [0.29, 0.717) is 0 Å². The number of azo groups is 1. The zero-order chi connectivity index (χ0) is 23.8. The minimum absolute atomic E-state index is 0.00288. The second-order valence-electron chi connectivity index (χ2n) is 8.68. The molecule has 0 spiro atoms. The van der Waals surface area contributed by atoms with Crippen molar-refractivity contribution in [2.24, 2.45) is 10.2 Å². The van der Waals surface area contributed by atoms with Gasteiger partial charge in [0, 0.05) is 30.2 Å². The molecule has 34 heavy (non-hydrogen) atoms. The molecule has 0 aliphatic carbocycles. The Hall–Kier alpha value is -3.21. The van der Waals surface area contributed by atoms with Gasteiger partial charge in [-0.05, 0) is 55.0 Å². The van der Waals surface area contributed by atoms with Crippen LogP contribution in [0.1, 0.15) is 71.1 Å². The van der Waals surface area contributed by atoms with Crippen molar-refractivity contribution in [2.75, 3.05) is 6.61 Å². The fourth-order valence-electron chi connectivity index (χ4n) is 3.78. The zero-order valence-electron chi connectivity index (χ0n) is 20.4. The Morgan fingerprint density at radius 2 is 1.15 bits per heavy atom. The maximum Gasteiger partial charge on any atom is 0.181 e. The number of nitrogens with zero attached hydrogens (tertiary/aromatic N) is 3. The van der Waals surface area contributed by atoms with Crippen LogP contribution < -0.4 is 10.2 Å². The molecule has 3 aromatic rings. The summed E-state index contributed by atoms with van der Waals surface area (Å²) in [6.45, 7) is 3.03. The maximum atomic E-state index is 11.2. The van der Waals surface area contributed by atoms with E-state index in [1.54, 1.807) is 12.4 Å². The fraction of sp³-hybridized carbons (Fsp3) is 0.414. The minimum atomic E-state index is -0.00288. The molecule has 5 nitrogen and oxygen atoms in total. The molecule has 0 saturated carbocycles. The first-order chi connectivity index (χ1) is 16.7. The van der Waals surface area contributed by atoms with Crippen LogP contribution in [0.5, 0.6) is 5.75 Å². The van der Waals surface area contributed by atoms with Crippen molar-refractivity contribution in [1.82, 2.24) is 4.57 Å². The third kappa shape index (κ3) is 9.34. The molecule has 0 atom stereocenters. The highest BCUT2D eigenvalue weighted by molar-refractivity contribution is 5.46. The highest BCUT2D eigenvalue weighted by Gasteiger charge is 1.98. The molecule has 0 unspecified atom stereocenters. The summed E-state index contributed by atoms with van der Waals surface area (Å²) in [4.78, 5) is 11.2. The Labute approximate surface area is 203 Å². The lowest BCUT2D eigenvalue weighted by Gasteiger charge is -2.06. The molecule has 1 aromatic heterocycles. The maximum absolute atomic E-state index is 11.2. The van der Waals surface area contributed by atoms with Gasteiger partial charge >= 0.3 is 0 Å². The van der Waals surface area contributed by atoms with Gasteiger partial charge in [0.15, 0.2) is 5.43 Å². The van der Waals surface area contributed by atoms with Gasteiger partial charge in [-0.2, -0.15) is 10.2 Å². The van der Waals surface area contributed by atoms with E-state index in [4.69, 9.17) is 4.74 Å². The summed E-state index contributed by atoms with van der Waals surface area (Å²) in [5.74, 6) is 0.875. The molecule has 0 saturated heterocycles. The number of aromatic nitrogens is 1. The summed E-state index contributed by atoms with van der Waals surface area (Å²) in [5, 5.41) is 8.63. The van der Waals surface area contributed by atoms with Crippen LogP contribution in [-0.4, -0.2) is 11.2 Å². The van der Waals surface area contributed by atoms with Crippen molar-refractivity contribution in [3.05, 3.63) is 83.3 Å². The van der Waals surface area contributed by atoms with Crippen LogP contribution in [0.15, 0.2) is 88.1 Å². The summed E-state index contributed by atoms with van der Waals surface area (Å²) in [5.41, 5.74) is 2.52. The average Bonchev–Trinajstić information content (AvgIpc) is 2.87. The topological polar surface area (TPSA) is 56.0 Å². The van der Waals surface area contributed by atoms with Crippen LogP contribution in [0.3, 0.4) is 0 Å². The predicted octanol–water partition coefficient (Wildman–Crippen LogP) is 8.55. The first-order valence-electron chi connectivity index (χ1n) is 12.7. The quantitative estimate of drug-likeness (QED) is 0.169. The second kappa shape index (κ2) is 14.8. The van der Waals surface area contributed by atoms with Gasteiger partial charge in [-0.3, -0.25) is 4.79 Å². The second-order valence-corrected chi connectivity index (χ2v) is 8.68. The third-order valence-corrected chi connectivity index (χ3v) is 5.83. The van der Waals surface area contributed by atoms with Crippen molar-refractivity contribution >= 4 is 11.4 Å². The molecule has 0 radical (unpaired) electrons. The van der Waals surface area contributed by atoms with Crippen molar-refractivity contribution in [2.45, 2.75) is 71.1 Å². The molecule has 0 aliphatic heterocycles. The van der Waals surface area contributed by atoms with Crippen LogP contribution in [0.25, 0.3) is 5.69 Å². The first kappa shape index (κ1) is 25.4. The van der Waals surface area contributed by atoms with Crippen LogP contribution in [0.4, 0.5) is 11.4 Å². The lowest BCUT2D eigenvalue weighted by Crippen LogP contribution is -2.01. The summed E-state index contributed by atoms with van der Waals surface area (Å²) < 4.78 is 7.75. The largest absolute Gasteiger partial charge is 0.494 e. The van der Waals surface area contributed by atoms with Crippen molar-refractivity contribution < 1.29 is 4.74 Å². The molecule has 0 amide bonds. The smallest absolute Gasteiger partial charge is 0.181 e. The fourth-order valence-corrected chi connectivity index (χ4v) is 3.78. The van der Waals surface area contributed by atoms with Gasteiger partial charge in [0.25, 0.3) is 0 Å². The summed E-state index contributed by atoms with van der Waals surface area (Å²) in [6.07, 6.45) is 16.8. The Morgan fingerprint density at radius 3 is 1.71 bits per heavy atom. The van der Waals surface area contributed by atoms with E-state index in [9.17, 15) is 4.79 Å². The number of hydrogen-bond donors (Lipinski definition) is 0. The zero-order valence-corrected chi connectivity index (χ0v) is 20.4. The minimum Gasteiger partial charge on any atom is -0.494 e. The molecule has 0 bridgehead atoms. The average molecular weight is 460 g/mol. The molecular formula is C29H37N3O2. The SMILES string of the molecule is CCCCCCCCCCCCOc1ccc(N=Nc2ccc(-n3ccc(=O)cc3)cc2)cc1. The van der Waals surface area contributed by atoms with Gasteiger partial charge in [0.05, 0.1) is 18.0 Å². The van der Waals surface area contributed by atoms with Gasteiger partial charge in [-0.15, -0.1) is 0 Å². The van der Waals surface area contributed by atoms with E-state index < -0.39 is 0 Å². The number of benzene rings is 2.